The molecule has 0 unspecified atom stereocenters. The van der Waals surface area contributed by atoms with Crippen LogP contribution in [0.2, 0.25) is 0 Å². The quantitative estimate of drug-likeness (QED) is 0.940. The number of aliphatic carboxylic acids is 1. The van der Waals surface area contributed by atoms with E-state index in [1.54, 1.807) is 17.4 Å². The number of hydrogen-bond acceptors (Lipinski definition) is 4. The zero-order valence-corrected chi connectivity index (χ0v) is 12.9. The highest BCUT2D eigenvalue weighted by atomic mass is 32.1. The van der Waals surface area contributed by atoms with E-state index in [0.717, 1.165) is 12.0 Å². The van der Waals surface area contributed by atoms with E-state index in [2.05, 4.69) is 0 Å². The van der Waals surface area contributed by atoms with Gasteiger partial charge in [-0.2, -0.15) is 0 Å². The Kier molecular flexibility index (Phi) is 4.13. The van der Waals surface area contributed by atoms with Crippen molar-refractivity contribution >= 4 is 17.3 Å². The number of rotatable bonds is 4. The Hall–Kier alpha value is -1.92. The highest BCUT2D eigenvalue weighted by Crippen LogP contribution is 2.32. The molecule has 1 N–H and O–H groups in total. The van der Waals surface area contributed by atoms with Gasteiger partial charge in [0.1, 0.15) is 6.04 Å². The van der Waals surface area contributed by atoms with Crippen LogP contribution >= 0.6 is 11.3 Å². The van der Waals surface area contributed by atoms with Gasteiger partial charge in [0.15, 0.2) is 11.6 Å². The van der Waals surface area contributed by atoms with Gasteiger partial charge in [0, 0.05) is 18.0 Å². The number of methoxy groups -OCH3 is 1. The predicted molar refractivity (Wildman–Crippen MR) is 81.8 cm³/mol. The van der Waals surface area contributed by atoms with Crippen LogP contribution in [0.5, 0.6) is 5.75 Å². The molecule has 1 atom stereocenters. The molecule has 6 heteroatoms. The fraction of sp³-hybridized carbons (Fsp3) is 0.312. The molecule has 0 aliphatic carbocycles. The minimum atomic E-state index is -0.969. The van der Waals surface area contributed by atoms with Gasteiger partial charge in [0.05, 0.1) is 7.11 Å². The van der Waals surface area contributed by atoms with Crippen LogP contribution in [0.1, 0.15) is 22.0 Å². The number of ether oxygens (including phenoxy) is 1. The second-order valence-electron chi connectivity index (χ2n) is 5.22. The summed E-state index contributed by atoms with van der Waals surface area (Å²) in [6.45, 7) is 1.22. The molecule has 22 heavy (non-hydrogen) atoms. The summed E-state index contributed by atoms with van der Waals surface area (Å²) in [5.74, 6) is -1.39. The number of thiophene rings is 1. The molecule has 2 aromatic rings. The van der Waals surface area contributed by atoms with Gasteiger partial charge >= 0.3 is 5.97 Å². The SMILES string of the molecule is COc1ccc([C@H](C(=O)O)N2CCc3sccc3C2)cc1F. The van der Waals surface area contributed by atoms with Gasteiger partial charge in [-0.3, -0.25) is 9.69 Å². The van der Waals surface area contributed by atoms with Crippen molar-refractivity contribution in [3.8, 4) is 5.75 Å². The summed E-state index contributed by atoms with van der Waals surface area (Å²) < 4.78 is 18.8. The first-order valence-corrected chi connectivity index (χ1v) is 7.83. The monoisotopic (exact) mass is 321 g/mol. The molecular formula is C16H16FNO3S. The Morgan fingerprint density at radius 2 is 2.27 bits per heavy atom. The van der Waals surface area contributed by atoms with Gasteiger partial charge in [-0.25, -0.2) is 4.39 Å². The normalized spacial score (nSPS) is 16.1. The maximum absolute atomic E-state index is 13.9. The van der Waals surface area contributed by atoms with Gasteiger partial charge in [-0.05, 0) is 41.1 Å². The Balaban J connectivity index is 1.91. The Bertz CT molecular complexity index is 700. The number of carboxylic acids is 1. The average Bonchev–Trinajstić information content (AvgIpc) is 2.95. The lowest BCUT2D eigenvalue weighted by atomic mass is 10.0. The van der Waals surface area contributed by atoms with E-state index in [4.69, 9.17) is 4.74 Å². The van der Waals surface area contributed by atoms with Crippen molar-refractivity contribution < 1.29 is 19.0 Å². The highest BCUT2D eigenvalue weighted by molar-refractivity contribution is 7.10. The van der Waals surface area contributed by atoms with Crippen molar-refractivity contribution in [3.63, 3.8) is 0 Å². The summed E-state index contributed by atoms with van der Waals surface area (Å²) in [4.78, 5) is 14.9. The summed E-state index contributed by atoms with van der Waals surface area (Å²) >= 11 is 1.70. The van der Waals surface area contributed by atoms with Gasteiger partial charge in [-0.1, -0.05) is 6.07 Å². The molecule has 0 fully saturated rings. The number of fused-ring (bicyclic) bond motifs is 1. The molecule has 0 bridgehead atoms. The van der Waals surface area contributed by atoms with Crippen molar-refractivity contribution in [2.75, 3.05) is 13.7 Å². The van der Waals surface area contributed by atoms with Crippen molar-refractivity contribution in [2.24, 2.45) is 0 Å². The van der Waals surface area contributed by atoms with Crippen LogP contribution in [0.25, 0.3) is 0 Å². The molecule has 0 saturated carbocycles. The lowest BCUT2D eigenvalue weighted by Crippen LogP contribution is -2.37. The van der Waals surface area contributed by atoms with E-state index in [-0.39, 0.29) is 5.75 Å². The van der Waals surface area contributed by atoms with Gasteiger partial charge < -0.3 is 9.84 Å². The second-order valence-corrected chi connectivity index (χ2v) is 6.22. The van der Waals surface area contributed by atoms with Crippen molar-refractivity contribution in [1.29, 1.82) is 0 Å². The second kappa shape index (κ2) is 6.06. The van der Waals surface area contributed by atoms with Crippen LogP contribution in [-0.4, -0.2) is 29.6 Å². The lowest BCUT2D eigenvalue weighted by molar-refractivity contribution is -0.144. The largest absolute Gasteiger partial charge is 0.494 e. The van der Waals surface area contributed by atoms with Crippen LogP contribution < -0.4 is 4.74 Å². The third-order valence-electron chi connectivity index (χ3n) is 3.93. The number of carbonyl (C=O) groups is 1. The molecule has 0 amide bonds. The van der Waals surface area contributed by atoms with E-state index in [1.165, 1.54) is 24.1 Å². The number of carboxylic acid groups (broad SMARTS) is 1. The molecule has 1 aliphatic heterocycles. The van der Waals surface area contributed by atoms with Crippen LogP contribution in [0.15, 0.2) is 29.6 Å². The first-order chi connectivity index (χ1) is 10.6. The minimum Gasteiger partial charge on any atom is -0.494 e. The first-order valence-electron chi connectivity index (χ1n) is 6.95. The molecule has 2 heterocycles. The molecule has 0 spiro atoms. The number of nitrogens with zero attached hydrogens (tertiary/aromatic N) is 1. The molecule has 0 radical (unpaired) electrons. The molecule has 116 valence electrons. The zero-order chi connectivity index (χ0) is 15.7. The number of hydrogen-bond donors (Lipinski definition) is 1. The lowest BCUT2D eigenvalue weighted by Gasteiger charge is -2.32. The number of benzene rings is 1. The molecule has 1 aromatic carbocycles. The average molecular weight is 321 g/mol. The Morgan fingerprint density at radius 1 is 1.45 bits per heavy atom. The van der Waals surface area contributed by atoms with Crippen molar-refractivity contribution in [1.82, 2.24) is 4.90 Å². The predicted octanol–water partition coefficient (Wildman–Crippen LogP) is 3.08. The van der Waals surface area contributed by atoms with Crippen molar-refractivity contribution in [3.05, 3.63) is 51.5 Å². The van der Waals surface area contributed by atoms with Crippen LogP contribution in [0.4, 0.5) is 4.39 Å². The Morgan fingerprint density at radius 3 is 2.95 bits per heavy atom. The molecule has 0 saturated heterocycles. The van der Waals surface area contributed by atoms with Crippen LogP contribution in [0, 0.1) is 5.82 Å². The van der Waals surface area contributed by atoms with E-state index in [0.29, 0.717) is 18.7 Å². The molecule has 1 aromatic heterocycles. The molecule has 4 nitrogen and oxygen atoms in total. The van der Waals surface area contributed by atoms with E-state index < -0.39 is 17.8 Å². The van der Waals surface area contributed by atoms with Gasteiger partial charge in [0.2, 0.25) is 0 Å². The summed E-state index contributed by atoms with van der Waals surface area (Å²) in [6.07, 6.45) is 0.829. The van der Waals surface area contributed by atoms with Crippen LogP contribution in [0.3, 0.4) is 0 Å². The summed E-state index contributed by atoms with van der Waals surface area (Å²) in [7, 11) is 1.38. The number of halogens is 1. The van der Waals surface area contributed by atoms with E-state index in [1.807, 2.05) is 16.3 Å². The zero-order valence-electron chi connectivity index (χ0n) is 12.1. The van der Waals surface area contributed by atoms with E-state index >= 15 is 0 Å². The first kappa shape index (κ1) is 15.0. The third kappa shape index (κ3) is 2.71. The highest BCUT2D eigenvalue weighted by Gasteiger charge is 2.31. The molecular weight excluding hydrogens is 305 g/mol. The molecule has 1 aliphatic rings. The molecule has 3 rings (SSSR count). The fourth-order valence-corrected chi connectivity index (χ4v) is 3.74. The minimum absolute atomic E-state index is 0.117. The maximum atomic E-state index is 13.9. The van der Waals surface area contributed by atoms with E-state index in [9.17, 15) is 14.3 Å². The Labute approximate surface area is 131 Å². The third-order valence-corrected chi connectivity index (χ3v) is 4.95. The summed E-state index contributed by atoms with van der Waals surface area (Å²) in [5, 5.41) is 11.6. The topological polar surface area (TPSA) is 49.8 Å². The smallest absolute Gasteiger partial charge is 0.325 e. The standard InChI is InChI=1S/C16H16FNO3S/c1-21-13-3-2-10(8-12(13)17)15(16(19)20)18-6-4-14-11(9-18)5-7-22-14/h2-3,5,7-8,15H,4,6,9H2,1H3,(H,19,20)/t15-/m1/s1. The fourth-order valence-electron chi connectivity index (χ4n) is 2.85. The summed E-state index contributed by atoms with van der Waals surface area (Å²) in [6, 6.07) is 5.51. The van der Waals surface area contributed by atoms with Gasteiger partial charge in [0.25, 0.3) is 0 Å². The van der Waals surface area contributed by atoms with Crippen molar-refractivity contribution in [2.45, 2.75) is 19.0 Å². The van der Waals surface area contributed by atoms with Gasteiger partial charge in [-0.15, -0.1) is 11.3 Å². The van der Waals surface area contributed by atoms with Crippen LogP contribution in [-0.2, 0) is 17.8 Å². The summed E-state index contributed by atoms with van der Waals surface area (Å²) in [5.41, 5.74) is 1.60. The maximum Gasteiger partial charge on any atom is 0.325 e.